The molecule has 0 aliphatic rings. The minimum absolute atomic E-state index is 0.195. The summed E-state index contributed by atoms with van der Waals surface area (Å²) in [4.78, 5) is 39.1. The average Bonchev–Trinajstić information content (AvgIpc) is 2.95. The van der Waals surface area contributed by atoms with Crippen molar-refractivity contribution in [2.45, 2.75) is 54.0 Å². The highest BCUT2D eigenvalue weighted by Crippen LogP contribution is 2.24. The zero-order valence-corrected chi connectivity index (χ0v) is 17.9. The van der Waals surface area contributed by atoms with Crippen LogP contribution in [0.5, 0.6) is 0 Å². The van der Waals surface area contributed by atoms with Crippen LogP contribution in [0.2, 0.25) is 0 Å². The predicted molar refractivity (Wildman–Crippen MR) is 110 cm³/mol. The Balaban J connectivity index is 0.00000190. The van der Waals surface area contributed by atoms with Crippen molar-refractivity contribution in [3.63, 3.8) is 0 Å². The molecular formula is C21H29N3O4. The van der Waals surface area contributed by atoms with E-state index in [9.17, 15) is 14.4 Å². The number of carbonyl (C=O) groups is 2. The van der Waals surface area contributed by atoms with Gasteiger partial charge in [0.15, 0.2) is 0 Å². The molecule has 0 fully saturated rings. The van der Waals surface area contributed by atoms with Gasteiger partial charge in [-0.15, -0.1) is 0 Å². The third-order valence-electron chi connectivity index (χ3n) is 3.79. The minimum atomic E-state index is -0.762. The van der Waals surface area contributed by atoms with Crippen LogP contribution in [0, 0.1) is 18.8 Å². The highest BCUT2D eigenvalue weighted by Gasteiger charge is 2.22. The third kappa shape index (κ3) is 5.03. The summed E-state index contributed by atoms with van der Waals surface area (Å²) in [5.41, 5.74) is 0.644. The molecule has 2 aromatic heterocycles. The van der Waals surface area contributed by atoms with Gasteiger partial charge in [0, 0.05) is 31.2 Å². The normalized spacial score (nSPS) is 10.4. The molecule has 0 aromatic carbocycles. The van der Waals surface area contributed by atoms with E-state index in [0.717, 1.165) is 0 Å². The van der Waals surface area contributed by atoms with Crippen molar-refractivity contribution in [3.05, 3.63) is 33.4 Å². The lowest BCUT2D eigenvalue weighted by Gasteiger charge is -2.18. The number of nitrogens with zero attached hydrogens (tertiary/aromatic N) is 1. The van der Waals surface area contributed by atoms with Crippen molar-refractivity contribution in [3.8, 4) is 11.8 Å². The van der Waals surface area contributed by atoms with Crippen LogP contribution in [0.3, 0.4) is 0 Å². The van der Waals surface area contributed by atoms with Crippen molar-refractivity contribution in [2.24, 2.45) is 7.05 Å². The van der Waals surface area contributed by atoms with E-state index in [1.165, 1.54) is 11.5 Å². The van der Waals surface area contributed by atoms with Crippen molar-refractivity contribution >= 4 is 22.8 Å². The summed E-state index contributed by atoms with van der Waals surface area (Å²) in [5, 5.41) is 3.19. The molecule has 0 saturated heterocycles. The van der Waals surface area contributed by atoms with Crippen LogP contribution in [0.15, 0.2) is 11.0 Å². The molecule has 0 aliphatic heterocycles. The van der Waals surface area contributed by atoms with Crippen molar-refractivity contribution in [2.75, 3.05) is 6.61 Å². The van der Waals surface area contributed by atoms with Gasteiger partial charge in [-0.3, -0.25) is 9.59 Å². The van der Waals surface area contributed by atoms with Crippen LogP contribution < -0.4 is 10.9 Å². The van der Waals surface area contributed by atoms with Gasteiger partial charge in [0.1, 0.15) is 5.52 Å². The van der Waals surface area contributed by atoms with Crippen LogP contribution in [0.25, 0.3) is 10.9 Å². The molecule has 0 radical (unpaired) electrons. The number of nitrogens with one attached hydrogen (secondary N) is 2. The number of aryl methyl sites for hydroxylation is 2. The van der Waals surface area contributed by atoms with Crippen LogP contribution in [0.1, 0.15) is 63.2 Å². The second-order valence-electron chi connectivity index (χ2n) is 6.61. The number of rotatable bonds is 3. The highest BCUT2D eigenvalue weighted by molar-refractivity contribution is 6.07. The van der Waals surface area contributed by atoms with Gasteiger partial charge in [0.05, 0.1) is 23.3 Å². The van der Waals surface area contributed by atoms with Gasteiger partial charge >= 0.3 is 5.97 Å². The van der Waals surface area contributed by atoms with Crippen LogP contribution in [-0.4, -0.2) is 33.6 Å². The number of aromatic amines is 1. The maximum Gasteiger partial charge on any atom is 0.340 e. The topological polar surface area (TPSA) is 93.2 Å². The van der Waals surface area contributed by atoms with Crippen molar-refractivity contribution < 1.29 is 14.3 Å². The quantitative estimate of drug-likeness (QED) is 0.625. The largest absolute Gasteiger partial charge is 0.462 e. The Morgan fingerprint density at radius 1 is 1.32 bits per heavy atom. The lowest BCUT2D eigenvalue weighted by atomic mass is 10.0. The van der Waals surface area contributed by atoms with Crippen LogP contribution >= 0.6 is 0 Å². The first-order valence-corrected chi connectivity index (χ1v) is 9.28. The molecule has 7 nitrogen and oxygen atoms in total. The van der Waals surface area contributed by atoms with E-state index in [2.05, 4.69) is 22.1 Å². The fraction of sp³-hybridized carbons (Fsp3) is 0.476. The van der Waals surface area contributed by atoms with E-state index in [1.54, 1.807) is 40.9 Å². The summed E-state index contributed by atoms with van der Waals surface area (Å²) < 4.78 is 6.53. The summed E-state index contributed by atoms with van der Waals surface area (Å²) in [6.45, 7) is 12.6. The van der Waals surface area contributed by atoms with Crippen molar-refractivity contribution in [1.82, 2.24) is 14.9 Å². The molecule has 0 aliphatic carbocycles. The van der Waals surface area contributed by atoms with Crippen LogP contribution in [-0.2, 0) is 16.6 Å². The number of pyridine rings is 1. The van der Waals surface area contributed by atoms with Crippen LogP contribution in [0.4, 0.5) is 0 Å². The van der Waals surface area contributed by atoms with E-state index in [-0.39, 0.29) is 18.1 Å². The molecule has 0 bridgehead atoms. The Kier molecular flexibility index (Phi) is 7.62. The standard InChI is InChI=1S/C19H23N3O4.C2H6/c1-7-26-18(25)14-11(2)20-16-15(14)13(10-22(6)17(16)24)8-9-19(4,5)21-12(3)23;1-2/h10,20H,7H2,1-6H3,(H,21,23);1-2H3. The van der Waals surface area contributed by atoms with Gasteiger partial charge in [-0.25, -0.2) is 4.79 Å². The molecule has 0 atom stereocenters. The summed E-state index contributed by atoms with van der Waals surface area (Å²) >= 11 is 0. The molecule has 0 saturated carbocycles. The Labute approximate surface area is 165 Å². The molecule has 0 spiro atoms. The van der Waals surface area contributed by atoms with Gasteiger partial charge in [0.25, 0.3) is 5.56 Å². The fourth-order valence-corrected chi connectivity index (χ4v) is 2.80. The Morgan fingerprint density at radius 3 is 2.46 bits per heavy atom. The molecule has 0 unspecified atom stereocenters. The number of hydrogen-bond donors (Lipinski definition) is 2. The first-order chi connectivity index (χ1) is 13.1. The van der Waals surface area contributed by atoms with E-state index >= 15 is 0 Å². The molecule has 2 heterocycles. The predicted octanol–water partition coefficient (Wildman–Crippen LogP) is 2.64. The molecule has 28 heavy (non-hydrogen) atoms. The number of amides is 1. The van der Waals surface area contributed by atoms with Gasteiger partial charge in [-0.2, -0.15) is 0 Å². The zero-order chi connectivity index (χ0) is 21.6. The summed E-state index contributed by atoms with van der Waals surface area (Å²) in [6.07, 6.45) is 1.58. The van der Waals surface area contributed by atoms with Gasteiger partial charge in [0.2, 0.25) is 5.91 Å². The minimum Gasteiger partial charge on any atom is -0.462 e. The summed E-state index contributed by atoms with van der Waals surface area (Å²) in [5.74, 6) is 5.29. The molecular weight excluding hydrogens is 358 g/mol. The fourth-order valence-electron chi connectivity index (χ4n) is 2.80. The van der Waals surface area contributed by atoms with E-state index < -0.39 is 11.5 Å². The molecule has 2 aromatic rings. The number of H-pyrrole nitrogens is 1. The smallest absolute Gasteiger partial charge is 0.340 e. The molecule has 152 valence electrons. The number of esters is 1. The average molecular weight is 387 g/mol. The lowest BCUT2D eigenvalue weighted by molar-refractivity contribution is -0.119. The summed E-state index contributed by atoms with van der Waals surface area (Å²) in [7, 11) is 1.62. The van der Waals surface area contributed by atoms with Crippen molar-refractivity contribution in [1.29, 1.82) is 0 Å². The van der Waals surface area contributed by atoms with Gasteiger partial charge in [-0.1, -0.05) is 25.7 Å². The maximum atomic E-state index is 12.4. The maximum absolute atomic E-state index is 12.4. The van der Waals surface area contributed by atoms with E-state index in [1.807, 2.05) is 13.8 Å². The second kappa shape index (κ2) is 9.27. The van der Waals surface area contributed by atoms with Gasteiger partial charge < -0.3 is 19.6 Å². The summed E-state index contributed by atoms with van der Waals surface area (Å²) in [6, 6.07) is 0. The monoisotopic (exact) mass is 387 g/mol. The number of ether oxygens (including phenoxy) is 1. The number of hydrogen-bond acceptors (Lipinski definition) is 4. The molecule has 2 rings (SSSR count). The Bertz CT molecular complexity index is 1000. The molecule has 1 amide bonds. The SMILES string of the molecule is CC.CCOC(=O)c1c(C)[nH]c2c(=O)n(C)cc(C#CC(C)(C)NC(C)=O)c12. The van der Waals surface area contributed by atoms with E-state index in [4.69, 9.17) is 4.74 Å². The number of carbonyl (C=O) groups excluding carboxylic acids is 2. The molecule has 7 heteroatoms. The first-order valence-electron chi connectivity index (χ1n) is 9.28. The van der Waals surface area contributed by atoms with Gasteiger partial charge in [-0.05, 0) is 27.7 Å². The first kappa shape index (κ1) is 23.0. The number of fused-ring (bicyclic) bond motifs is 1. The van der Waals surface area contributed by atoms with E-state index in [0.29, 0.717) is 27.7 Å². The lowest BCUT2D eigenvalue weighted by Crippen LogP contribution is -2.40. The molecule has 2 N–H and O–H groups in total. The second-order valence-corrected chi connectivity index (χ2v) is 6.61. The Hall–Kier alpha value is -3.01. The number of aromatic nitrogens is 2. The highest BCUT2D eigenvalue weighted by atomic mass is 16.5. The zero-order valence-electron chi connectivity index (χ0n) is 17.9. The third-order valence-corrected chi connectivity index (χ3v) is 3.79. The Morgan fingerprint density at radius 2 is 1.93 bits per heavy atom.